The first-order valence-electron chi connectivity index (χ1n) is 20.1. The third kappa shape index (κ3) is 37.8. The maximum absolute atomic E-state index is 12.6. The Labute approximate surface area is 322 Å². The minimum absolute atomic E-state index is 0.0510. The van der Waals surface area contributed by atoms with Gasteiger partial charge in [-0.05, 0) is 57.8 Å². The van der Waals surface area contributed by atoms with E-state index in [4.69, 9.17) is 18.5 Å². The van der Waals surface area contributed by atoms with Gasteiger partial charge in [-0.3, -0.25) is 14.2 Å². The Morgan fingerprint density at radius 3 is 2.02 bits per heavy atom. The van der Waals surface area contributed by atoms with Gasteiger partial charge in [-0.25, -0.2) is 0 Å². The minimum atomic E-state index is -4.64. The van der Waals surface area contributed by atoms with Crippen LogP contribution in [-0.2, 0) is 32.7 Å². The van der Waals surface area contributed by atoms with Crippen molar-refractivity contribution >= 4 is 19.8 Å². The summed E-state index contributed by atoms with van der Waals surface area (Å²) in [5.74, 6) is -0.946. The van der Waals surface area contributed by atoms with Crippen LogP contribution in [0.15, 0.2) is 60.8 Å². The fourth-order valence-electron chi connectivity index (χ4n) is 4.85. The molecule has 0 amide bonds. The Kier molecular flexibility index (Phi) is 32.7. The predicted octanol–water partition coefficient (Wildman–Crippen LogP) is 9.24. The molecule has 1 N–H and O–H groups in total. The van der Waals surface area contributed by atoms with Crippen LogP contribution >= 0.6 is 7.82 Å². The van der Waals surface area contributed by atoms with Gasteiger partial charge in [0.05, 0.1) is 33.9 Å². The third-order valence-electron chi connectivity index (χ3n) is 8.11. The second-order valence-electron chi connectivity index (χ2n) is 14.5. The van der Waals surface area contributed by atoms with E-state index < -0.39 is 32.5 Å². The van der Waals surface area contributed by atoms with E-state index in [9.17, 15) is 24.2 Å². The number of esters is 2. The highest BCUT2D eigenvalue weighted by Gasteiger charge is 2.21. The standard InChI is InChI=1S/C42H74NO9P/c1-6-8-10-11-12-13-15-20-23-26-30-34-42(46)52-40(38-51-53(47,48)50-36-35-43(3,4)5)37-49-41(45)33-29-25-22-19-17-14-16-18-21-24-28-32-39(44)31-27-9-7-2/h11-12,14,16,19,21-22,24,28,32,39-40,44H,6-10,13,15,17-18,20,23,25-27,29-31,33-38H2,1-5H3/b12-11-,16-14-,22-19-,24-21-,32-28+/t39-,40-/m1/s1. The Balaban J connectivity index is 4.55. The highest BCUT2D eigenvalue weighted by atomic mass is 31.2. The van der Waals surface area contributed by atoms with E-state index >= 15 is 0 Å². The first kappa shape index (κ1) is 50.7. The number of phosphoric ester groups is 1. The Hall–Kier alpha value is -2.33. The smallest absolute Gasteiger partial charge is 0.306 e. The summed E-state index contributed by atoms with van der Waals surface area (Å²) in [5.41, 5.74) is 0. The molecule has 0 rings (SSSR count). The Morgan fingerprint density at radius 2 is 1.30 bits per heavy atom. The molecule has 53 heavy (non-hydrogen) atoms. The van der Waals surface area contributed by atoms with E-state index in [1.807, 2.05) is 57.6 Å². The molecule has 0 saturated heterocycles. The number of aliphatic hydroxyl groups excluding tert-OH is 1. The normalized spacial score (nSPS) is 14.9. The van der Waals surface area contributed by atoms with Crippen molar-refractivity contribution in [1.82, 2.24) is 0 Å². The van der Waals surface area contributed by atoms with Crippen molar-refractivity contribution in [3.05, 3.63) is 60.8 Å². The molecule has 0 spiro atoms. The van der Waals surface area contributed by atoms with E-state index in [1.165, 1.54) is 12.8 Å². The number of ether oxygens (including phenoxy) is 2. The fourth-order valence-corrected chi connectivity index (χ4v) is 5.58. The van der Waals surface area contributed by atoms with Crippen LogP contribution in [0.4, 0.5) is 0 Å². The number of carbonyl (C=O) groups excluding carboxylic acids is 2. The van der Waals surface area contributed by atoms with Crippen molar-refractivity contribution in [2.45, 2.75) is 148 Å². The van der Waals surface area contributed by atoms with Gasteiger partial charge in [0, 0.05) is 12.8 Å². The van der Waals surface area contributed by atoms with Crippen LogP contribution in [-0.4, -0.2) is 81.2 Å². The van der Waals surface area contributed by atoms with Crippen LogP contribution in [0.1, 0.15) is 136 Å². The first-order chi connectivity index (χ1) is 25.4. The van der Waals surface area contributed by atoms with Crippen molar-refractivity contribution in [1.29, 1.82) is 0 Å². The lowest BCUT2D eigenvalue weighted by atomic mass is 10.1. The predicted molar refractivity (Wildman–Crippen MR) is 214 cm³/mol. The average molecular weight is 768 g/mol. The molecular formula is C42H74NO9P. The van der Waals surface area contributed by atoms with E-state index in [-0.39, 0.29) is 32.2 Å². The molecule has 1 unspecified atom stereocenters. The summed E-state index contributed by atoms with van der Waals surface area (Å²) in [6, 6.07) is 0. The zero-order valence-corrected chi connectivity index (χ0v) is 34.7. The molecule has 10 nitrogen and oxygen atoms in total. The van der Waals surface area contributed by atoms with Crippen LogP contribution in [0.5, 0.6) is 0 Å². The molecular weight excluding hydrogens is 693 g/mol. The molecule has 0 fully saturated rings. The minimum Gasteiger partial charge on any atom is -0.756 e. The second-order valence-corrected chi connectivity index (χ2v) is 15.9. The molecule has 0 bridgehead atoms. The number of hydrogen-bond donors (Lipinski definition) is 1. The average Bonchev–Trinajstić information content (AvgIpc) is 3.09. The van der Waals surface area contributed by atoms with Crippen molar-refractivity contribution in [3.63, 3.8) is 0 Å². The number of phosphoric acid groups is 1. The molecule has 0 aromatic heterocycles. The van der Waals surface area contributed by atoms with Crippen LogP contribution in [0.25, 0.3) is 0 Å². The number of allylic oxidation sites excluding steroid dienone is 9. The summed E-state index contributed by atoms with van der Waals surface area (Å²) in [5, 5.41) is 9.89. The summed E-state index contributed by atoms with van der Waals surface area (Å²) in [6.07, 6.45) is 35.8. The summed E-state index contributed by atoms with van der Waals surface area (Å²) in [7, 11) is 1.09. The molecule has 0 heterocycles. The number of rotatable bonds is 35. The molecule has 306 valence electrons. The number of hydrogen-bond acceptors (Lipinski definition) is 9. The Bertz CT molecular complexity index is 1110. The molecule has 0 radical (unpaired) electrons. The zero-order valence-electron chi connectivity index (χ0n) is 33.8. The zero-order chi connectivity index (χ0) is 39.5. The molecule has 0 aliphatic heterocycles. The maximum Gasteiger partial charge on any atom is 0.306 e. The van der Waals surface area contributed by atoms with E-state index in [0.29, 0.717) is 30.3 Å². The lowest BCUT2D eigenvalue weighted by Crippen LogP contribution is -2.37. The molecule has 11 heteroatoms. The number of likely N-dealkylation sites (N-methyl/N-ethyl adjacent to an activating group) is 1. The summed E-state index contributed by atoms with van der Waals surface area (Å²) >= 11 is 0. The monoisotopic (exact) mass is 768 g/mol. The lowest BCUT2D eigenvalue weighted by molar-refractivity contribution is -0.870. The molecule has 3 atom stereocenters. The van der Waals surface area contributed by atoms with Crippen LogP contribution in [0, 0.1) is 0 Å². The van der Waals surface area contributed by atoms with E-state index in [2.05, 4.69) is 38.2 Å². The quantitative estimate of drug-likeness (QED) is 0.0167. The number of nitrogens with zero attached hydrogens (tertiary/aromatic N) is 1. The van der Waals surface area contributed by atoms with Gasteiger partial charge in [-0.1, -0.05) is 126 Å². The fraction of sp³-hybridized carbons (Fsp3) is 0.714. The van der Waals surface area contributed by atoms with Gasteiger partial charge in [0.1, 0.15) is 19.8 Å². The van der Waals surface area contributed by atoms with Crippen molar-refractivity contribution in [2.75, 3.05) is 47.5 Å². The van der Waals surface area contributed by atoms with Crippen LogP contribution in [0.3, 0.4) is 0 Å². The lowest BCUT2D eigenvalue weighted by Gasteiger charge is -2.28. The summed E-state index contributed by atoms with van der Waals surface area (Å²) in [6.45, 7) is 3.94. The van der Waals surface area contributed by atoms with Gasteiger partial charge in [-0.2, -0.15) is 0 Å². The number of unbranched alkanes of at least 4 members (excludes halogenated alkanes) is 10. The van der Waals surface area contributed by atoms with Crippen molar-refractivity contribution < 1.29 is 47.2 Å². The maximum atomic E-state index is 12.6. The summed E-state index contributed by atoms with van der Waals surface area (Å²) in [4.78, 5) is 37.3. The topological polar surface area (TPSA) is 131 Å². The van der Waals surface area contributed by atoms with Gasteiger partial charge < -0.3 is 33.0 Å². The van der Waals surface area contributed by atoms with Crippen LogP contribution in [0.2, 0.25) is 0 Å². The van der Waals surface area contributed by atoms with Crippen LogP contribution < -0.4 is 4.89 Å². The third-order valence-corrected chi connectivity index (χ3v) is 9.08. The molecule has 0 aromatic rings. The van der Waals surface area contributed by atoms with Gasteiger partial charge in [0.15, 0.2) is 6.10 Å². The molecule has 0 aliphatic rings. The molecule has 0 aromatic carbocycles. The molecule has 0 saturated carbocycles. The summed E-state index contributed by atoms with van der Waals surface area (Å²) < 4.78 is 33.7. The second kappa shape index (κ2) is 34.2. The van der Waals surface area contributed by atoms with Gasteiger partial charge >= 0.3 is 11.9 Å². The highest BCUT2D eigenvalue weighted by Crippen LogP contribution is 2.38. The Morgan fingerprint density at radius 1 is 0.698 bits per heavy atom. The van der Waals surface area contributed by atoms with Gasteiger partial charge in [-0.15, -0.1) is 0 Å². The SMILES string of the molecule is CCCC/C=C\CCCCCCCC(=O)O[C@H](COC(=O)CCC/C=C\C/C=C\C/C=C\C=C\[C@H](O)CCCCC)COP(=O)([O-])OCC[N+](C)(C)C. The van der Waals surface area contributed by atoms with Crippen molar-refractivity contribution in [2.24, 2.45) is 0 Å². The highest BCUT2D eigenvalue weighted by molar-refractivity contribution is 7.45. The number of quaternary nitrogens is 1. The van der Waals surface area contributed by atoms with Gasteiger partial charge in [0.2, 0.25) is 0 Å². The van der Waals surface area contributed by atoms with E-state index in [0.717, 1.165) is 77.0 Å². The largest absolute Gasteiger partial charge is 0.756 e. The van der Waals surface area contributed by atoms with Gasteiger partial charge in [0.25, 0.3) is 7.82 Å². The number of aliphatic hydroxyl groups is 1. The number of carbonyl (C=O) groups is 2. The first-order valence-corrected chi connectivity index (χ1v) is 21.6. The van der Waals surface area contributed by atoms with E-state index in [1.54, 1.807) is 0 Å². The van der Waals surface area contributed by atoms with Crippen molar-refractivity contribution in [3.8, 4) is 0 Å². The molecule has 0 aliphatic carbocycles.